The van der Waals surface area contributed by atoms with E-state index in [0.717, 1.165) is 11.3 Å². The van der Waals surface area contributed by atoms with Crippen molar-refractivity contribution in [1.29, 1.82) is 0 Å². The van der Waals surface area contributed by atoms with E-state index in [4.69, 9.17) is 4.74 Å². The zero-order valence-corrected chi connectivity index (χ0v) is 15.0. The second-order valence-electron chi connectivity index (χ2n) is 6.84. The Kier molecular flexibility index (Phi) is 4.94. The summed E-state index contributed by atoms with van der Waals surface area (Å²) in [5.74, 6) is -0.680. The number of hydrogen-bond donors (Lipinski definition) is 0. The normalized spacial score (nSPS) is 19.7. The van der Waals surface area contributed by atoms with Crippen molar-refractivity contribution in [2.45, 2.75) is 19.0 Å². The topological polar surface area (TPSA) is 54.8 Å². The molecule has 2 aliphatic heterocycles. The minimum absolute atomic E-state index is 0.154. The van der Waals surface area contributed by atoms with Crippen molar-refractivity contribution in [3.8, 4) is 0 Å². The summed E-state index contributed by atoms with van der Waals surface area (Å²) >= 11 is 0. The fourth-order valence-electron chi connectivity index (χ4n) is 3.80. The predicted octanol–water partition coefficient (Wildman–Crippen LogP) is 1.81. The first-order chi connectivity index (χ1) is 13.1. The molecule has 7 heteroatoms. The van der Waals surface area contributed by atoms with Gasteiger partial charge in [0.1, 0.15) is 12.2 Å². The van der Waals surface area contributed by atoms with Gasteiger partial charge in [0, 0.05) is 38.1 Å². The van der Waals surface area contributed by atoms with Gasteiger partial charge in [-0.25, -0.2) is 4.39 Å². The van der Waals surface area contributed by atoms with E-state index in [1.807, 2.05) is 18.3 Å². The highest BCUT2D eigenvalue weighted by Gasteiger charge is 2.33. The van der Waals surface area contributed by atoms with Crippen molar-refractivity contribution in [3.05, 3.63) is 59.7 Å². The Morgan fingerprint density at radius 1 is 1.00 bits per heavy atom. The lowest BCUT2D eigenvalue weighted by Crippen LogP contribution is -2.46. The zero-order valence-electron chi connectivity index (χ0n) is 15.0. The molecule has 1 aromatic carbocycles. The Labute approximate surface area is 157 Å². The molecular weight excluding hydrogens is 349 g/mol. The Bertz CT molecular complexity index is 827. The number of aromatic nitrogens is 1. The number of rotatable bonds is 3. The van der Waals surface area contributed by atoms with Gasteiger partial charge in [0.2, 0.25) is 11.8 Å². The van der Waals surface area contributed by atoms with Gasteiger partial charge in [-0.2, -0.15) is 0 Å². The second-order valence-corrected chi connectivity index (χ2v) is 6.84. The van der Waals surface area contributed by atoms with Crippen LogP contribution in [0.3, 0.4) is 0 Å². The van der Waals surface area contributed by atoms with Gasteiger partial charge in [-0.05, 0) is 29.8 Å². The van der Waals surface area contributed by atoms with Gasteiger partial charge in [0.15, 0.2) is 0 Å². The van der Waals surface area contributed by atoms with Crippen molar-refractivity contribution in [2.75, 3.05) is 32.8 Å². The first-order valence-corrected chi connectivity index (χ1v) is 9.19. The summed E-state index contributed by atoms with van der Waals surface area (Å²) in [6.45, 7) is 3.26. The van der Waals surface area contributed by atoms with Crippen molar-refractivity contribution in [1.82, 2.24) is 14.4 Å². The minimum atomic E-state index is -0.320. The van der Waals surface area contributed by atoms with E-state index >= 15 is 0 Å². The van der Waals surface area contributed by atoms with E-state index < -0.39 is 0 Å². The van der Waals surface area contributed by atoms with E-state index in [-0.39, 0.29) is 30.1 Å². The molecule has 0 unspecified atom stereocenters. The number of fused-ring (bicyclic) bond motifs is 1. The van der Waals surface area contributed by atoms with Gasteiger partial charge in [-0.1, -0.05) is 12.1 Å². The molecule has 1 saturated heterocycles. The summed E-state index contributed by atoms with van der Waals surface area (Å²) in [6, 6.07) is 9.80. The van der Waals surface area contributed by atoms with Crippen LogP contribution in [0.15, 0.2) is 42.6 Å². The maximum atomic E-state index is 13.4. The lowest BCUT2D eigenvalue weighted by atomic mass is 9.99. The van der Waals surface area contributed by atoms with Crippen LogP contribution in [0.5, 0.6) is 0 Å². The third kappa shape index (κ3) is 3.60. The quantitative estimate of drug-likeness (QED) is 0.774. The van der Waals surface area contributed by atoms with Gasteiger partial charge in [-0.3, -0.25) is 9.59 Å². The molecule has 0 bridgehead atoms. The third-order valence-corrected chi connectivity index (χ3v) is 5.21. The Morgan fingerprint density at radius 2 is 1.74 bits per heavy atom. The summed E-state index contributed by atoms with van der Waals surface area (Å²) in [5.41, 5.74) is 1.81. The molecule has 142 valence electrons. The lowest BCUT2D eigenvalue weighted by Gasteiger charge is -2.38. The van der Waals surface area contributed by atoms with Crippen LogP contribution >= 0.6 is 0 Å². The first-order valence-electron chi connectivity index (χ1n) is 9.19. The van der Waals surface area contributed by atoms with E-state index in [1.165, 1.54) is 12.1 Å². The average molecular weight is 371 g/mol. The fraction of sp³-hybridized carbons (Fsp3) is 0.400. The van der Waals surface area contributed by atoms with Gasteiger partial charge in [-0.15, -0.1) is 0 Å². The summed E-state index contributed by atoms with van der Waals surface area (Å²) in [4.78, 5) is 28.9. The molecule has 0 radical (unpaired) electrons. The molecule has 27 heavy (non-hydrogen) atoms. The molecule has 2 aliphatic rings. The van der Waals surface area contributed by atoms with E-state index in [0.29, 0.717) is 39.4 Å². The number of halogens is 1. The largest absolute Gasteiger partial charge is 0.378 e. The van der Waals surface area contributed by atoms with Gasteiger partial charge in [0.25, 0.3) is 0 Å². The van der Waals surface area contributed by atoms with E-state index in [1.54, 1.807) is 21.9 Å². The smallest absolute Gasteiger partial charge is 0.232 e. The highest BCUT2D eigenvalue weighted by atomic mass is 19.1. The molecule has 2 aromatic rings. The number of benzene rings is 1. The van der Waals surface area contributed by atoms with Crippen LogP contribution in [-0.2, 0) is 20.9 Å². The van der Waals surface area contributed by atoms with Gasteiger partial charge < -0.3 is 19.1 Å². The molecule has 0 spiro atoms. The Hall–Kier alpha value is -2.67. The van der Waals surface area contributed by atoms with Crippen LogP contribution in [0.2, 0.25) is 0 Å². The van der Waals surface area contributed by atoms with Crippen molar-refractivity contribution in [2.24, 2.45) is 0 Å². The predicted molar refractivity (Wildman–Crippen MR) is 96.4 cm³/mol. The molecule has 0 N–H and O–H groups in total. The number of carbonyl (C=O) groups excluding carboxylic acids is 2. The van der Waals surface area contributed by atoms with E-state index in [2.05, 4.69) is 4.57 Å². The monoisotopic (exact) mass is 371 g/mol. The molecule has 3 heterocycles. The fourth-order valence-corrected chi connectivity index (χ4v) is 3.80. The van der Waals surface area contributed by atoms with Gasteiger partial charge >= 0.3 is 0 Å². The van der Waals surface area contributed by atoms with Crippen molar-refractivity contribution >= 4 is 11.8 Å². The van der Waals surface area contributed by atoms with Crippen molar-refractivity contribution in [3.63, 3.8) is 0 Å². The van der Waals surface area contributed by atoms with Crippen LogP contribution < -0.4 is 0 Å². The van der Waals surface area contributed by atoms with Crippen molar-refractivity contribution < 1.29 is 18.7 Å². The Morgan fingerprint density at radius 3 is 2.48 bits per heavy atom. The Balaban J connectivity index is 1.57. The zero-order chi connectivity index (χ0) is 18.8. The number of amides is 2. The van der Waals surface area contributed by atoms with Gasteiger partial charge in [0.05, 0.1) is 19.3 Å². The highest BCUT2D eigenvalue weighted by Crippen LogP contribution is 2.33. The molecule has 4 rings (SSSR count). The first kappa shape index (κ1) is 17.7. The van der Waals surface area contributed by atoms with Crippen LogP contribution in [0, 0.1) is 5.82 Å². The maximum absolute atomic E-state index is 13.4. The van der Waals surface area contributed by atoms with Crippen LogP contribution in [0.4, 0.5) is 4.39 Å². The SMILES string of the molecule is O=C(CC(=O)N1CCn2cccc2[C@@H]1c1ccc(F)cc1)N1CCOCC1. The highest BCUT2D eigenvalue weighted by molar-refractivity contribution is 5.97. The van der Waals surface area contributed by atoms with E-state index in [9.17, 15) is 14.0 Å². The molecule has 2 amide bonds. The standard InChI is InChI=1S/C20H22FN3O3/c21-16-5-3-15(4-6-16)20-17-2-1-7-22(17)8-9-24(20)19(26)14-18(25)23-10-12-27-13-11-23/h1-7,20H,8-14H2/t20-/m0/s1. The average Bonchev–Trinajstić information content (AvgIpc) is 3.17. The number of nitrogens with zero attached hydrogens (tertiary/aromatic N) is 3. The minimum Gasteiger partial charge on any atom is -0.378 e. The summed E-state index contributed by atoms with van der Waals surface area (Å²) < 4.78 is 20.7. The molecule has 1 aromatic heterocycles. The lowest BCUT2D eigenvalue weighted by molar-refractivity contribution is -0.144. The summed E-state index contributed by atoms with van der Waals surface area (Å²) in [5, 5.41) is 0. The molecule has 6 nitrogen and oxygen atoms in total. The van der Waals surface area contributed by atoms with Crippen LogP contribution in [0.1, 0.15) is 23.7 Å². The number of carbonyl (C=O) groups is 2. The number of hydrogen-bond acceptors (Lipinski definition) is 3. The number of morpholine rings is 1. The summed E-state index contributed by atoms with van der Waals surface area (Å²) in [7, 11) is 0. The maximum Gasteiger partial charge on any atom is 0.232 e. The molecule has 1 fully saturated rings. The van der Waals surface area contributed by atoms with Crippen LogP contribution in [0.25, 0.3) is 0 Å². The number of ether oxygens (including phenoxy) is 1. The second kappa shape index (κ2) is 7.52. The summed E-state index contributed by atoms with van der Waals surface area (Å²) in [6.07, 6.45) is 1.82. The molecule has 1 atom stereocenters. The third-order valence-electron chi connectivity index (χ3n) is 5.21. The molecule has 0 aliphatic carbocycles. The molecular formula is C20H22FN3O3. The van der Waals surface area contributed by atoms with Crippen LogP contribution in [-0.4, -0.2) is 59.0 Å². The molecule has 0 saturated carbocycles.